The highest BCUT2D eigenvalue weighted by atomic mass is 32.1. The van der Waals surface area contributed by atoms with Crippen LogP contribution in [0.1, 0.15) is 48.7 Å². The molecule has 2 fully saturated rings. The summed E-state index contributed by atoms with van der Waals surface area (Å²) in [5, 5.41) is 2.70. The lowest BCUT2D eigenvalue weighted by atomic mass is 10.1. The van der Waals surface area contributed by atoms with Crippen LogP contribution in [-0.2, 0) is 9.59 Å². The van der Waals surface area contributed by atoms with E-state index in [1.807, 2.05) is 6.07 Å². The van der Waals surface area contributed by atoms with Crippen LogP contribution in [0.2, 0.25) is 0 Å². The van der Waals surface area contributed by atoms with Crippen molar-refractivity contribution >= 4 is 35.2 Å². The molecule has 1 aromatic rings. The lowest BCUT2D eigenvalue weighted by molar-refractivity contribution is -0.128. The molecule has 1 saturated carbocycles. The summed E-state index contributed by atoms with van der Waals surface area (Å²) in [5.74, 6) is -0.784. The molecule has 1 aromatic heterocycles. The summed E-state index contributed by atoms with van der Waals surface area (Å²) in [5.41, 5.74) is 3.34. The SMILES string of the molecule is Cc1cc(/C=C2/C(=O)NC(=S)N(C)C2=O)c(C)n1C1CCCC1. The topological polar surface area (TPSA) is 54.3 Å². The number of carbonyl (C=O) groups is 2. The fourth-order valence-corrected chi connectivity index (χ4v) is 3.75. The zero-order valence-electron chi connectivity index (χ0n) is 13.7. The van der Waals surface area contributed by atoms with Gasteiger partial charge in [0.25, 0.3) is 11.8 Å². The standard InChI is InChI=1S/C17H21N3O2S/c1-10-8-12(11(2)20(10)13-6-4-5-7-13)9-14-15(21)18-17(23)19(3)16(14)22/h8-9,13H,4-7H2,1-3H3,(H,18,21,23)/b14-9-. The van der Waals surface area contributed by atoms with Crippen LogP contribution in [0.3, 0.4) is 0 Å². The van der Waals surface area contributed by atoms with Crippen LogP contribution in [-0.4, -0.2) is 33.4 Å². The molecule has 1 aliphatic heterocycles. The van der Waals surface area contributed by atoms with Crippen molar-refractivity contribution in [2.24, 2.45) is 0 Å². The van der Waals surface area contributed by atoms with E-state index < -0.39 is 5.91 Å². The summed E-state index contributed by atoms with van der Waals surface area (Å²) in [6.07, 6.45) is 6.61. The molecular formula is C17H21N3O2S. The Bertz CT molecular complexity index is 726. The van der Waals surface area contributed by atoms with Gasteiger partial charge in [0.1, 0.15) is 5.57 Å². The summed E-state index contributed by atoms with van der Waals surface area (Å²) in [4.78, 5) is 25.7. The van der Waals surface area contributed by atoms with E-state index in [2.05, 4.69) is 23.7 Å². The largest absolute Gasteiger partial charge is 0.346 e. The number of nitrogens with one attached hydrogen (secondary N) is 1. The van der Waals surface area contributed by atoms with Crippen molar-refractivity contribution in [2.45, 2.75) is 45.6 Å². The van der Waals surface area contributed by atoms with Gasteiger partial charge in [-0.2, -0.15) is 0 Å². The van der Waals surface area contributed by atoms with E-state index in [0.717, 1.165) is 11.3 Å². The first-order chi connectivity index (χ1) is 10.9. The minimum absolute atomic E-state index is 0.132. The minimum atomic E-state index is -0.427. The van der Waals surface area contributed by atoms with Crippen molar-refractivity contribution in [1.29, 1.82) is 0 Å². The fraction of sp³-hybridized carbons (Fsp3) is 0.471. The monoisotopic (exact) mass is 331 g/mol. The van der Waals surface area contributed by atoms with Gasteiger partial charge < -0.3 is 4.57 Å². The maximum Gasteiger partial charge on any atom is 0.265 e. The van der Waals surface area contributed by atoms with Gasteiger partial charge in [-0.05, 0) is 56.6 Å². The van der Waals surface area contributed by atoms with E-state index in [9.17, 15) is 9.59 Å². The van der Waals surface area contributed by atoms with Gasteiger partial charge in [0.2, 0.25) is 0 Å². The zero-order valence-corrected chi connectivity index (χ0v) is 14.5. The predicted octanol–water partition coefficient (Wildman–Crippen LogP) is 2.48. The van der Waals surface area contributed by atoms with Gasteiger partial charge in [-0.15, -0.1) is 0 Å². The number of amides is 2. The number of aromatic nitrogens is 1. The number of rotatable bonds is 2. The Labute approximate surface area is 141 Å². The van der Waals surface area contributed by atoms with Crippen LogP contribution in [0.25, 0.3) is 6.08 Å². The molecule has 122 valence electrons. The number of likely N-dealkylation sites (N-methyl/N-ethyl adjacent to an activating group) is 1. The first-order valence-electron chi connectivity index (χ1n) is 7.93. The summed E-state index contributed by atoms with van der Waals surface area (Å²) < 4.78 is 2.35. The van der Waals surface area contributed by atoms with E-state index in [1.165, 1.54) is 36.3 Å². The Kier molecular flexibility index (Phi) is 4.10. The molecular weight excluding hydrogens is 310 g/mol. The molecule has 3 rings (SSSR count). The molecule has 1 saturated heterocycles. The van der Waals surface area contributed by atoms with Gasteiger partial charge in [-0.1, -0.05) is 12.8 Å². The second-order valence-electron chi connectivity index (χ2n) is 6.32. The van der Waals surface area contributed by atoms with Crippen molar-refractivity contribution in [3.63, 3.8) is 0 Å². The van der Waals surface area contributed by atoms with Gasteiger partial charge in [-0.25, -0.2) is 0 Å². The average Bonchev–Trinajstić information content (AvgIpc) is 3.10. The predicted molar refractivity (Wildman–Crippen MR) is 92.9 cm³/mol. The Morgan fingerprint density at radius 3 is 2.57 bits per heavy atom. The Balaban J connectivity index is 1.99. The molecule has 5 nitrogen and oxygen atoms in total. The second kappa shape index (κ2) is 5.92. The third kappa shape index (κ3) is 2.72. The summed E-state index contributed by atoms with van der Waals surface area (Å²) in [6, 6.07) is 2.59. The van der Waals surface area contributed by atoms with Crippen LogP contribution in [0.4, 0.5) is 0 Å². The average molecular weight is 331 g/mol. The van der Waals surface area contributed by atoms with Gasteiger partial charge >= 0.3 is 0 Å². The highest BCUT2D eigenvalue weighted by molar-refractivity contribution is 7.80. The molecule has 2 aliphatic rings. The molecule has 23 heavy (non-hydrogen) atoms. The number of nitrogens with zero attached hydrogens (tertiary/aromatic N) is 2. The normalized spacial score (nSPS) is 21.4. The van der Waals surface area contributed by atoms with Gasteiger partial charge in [0.05, 0.1) is 0 Å². The molecule has 0 radical (unpaired) electrons. The summed E-state index contributed by atoms with van der Waals surface area (Å²) >= 11 is 4.97. The van der Waals surface area contributed by atoms with E-state index in [4.69, 9.17) is 12.2 Å². The third-order valence-corrected chi connectivity index (χ3v) is 5.19. The van der Waals surface area contributed by atoms with Crippen molar-refractivity contribution in [3.05, 3.63) is 28.6 Å². The molecule has 0 atom stereocenters. The van der Waals surface area contributed by atoms with Crippen LogP contribution in [0.5, 0.6) is 0 Å². The lowest BCUT2D eigenvalue weighted by Crippen LogP contribution is -2.52. The van der Waals surface area contributed by atoms with Crippen molar-refractivity contribution in [1.82, 2.24) is 14.8 Å². The van der Waals surface area contributed by atoms with Crippen LogP contribution >= 0.6 is 12.2 Å². The number of thiocarbonyl (C=S) groups is 1. The molecule has 0 bridgehead atoms. The van der Waals surface area contributed by atoms with Crippen LogP contribution in [0, 0.1) is 13.8 Å². The van der Waals surface area contributed by atoms with E-state index in [0.29, 0.717) is 6.04 Å². The van der Waals surface area contributed by atoms with E-state index in [-0.39, 0.29) is 16.6 Å². The molecule has 0 aromatic carbocycles. The lowest BCUT2D eigenvalue weighted by Gasteiger charge is -2.25. The molecule has 1 aliphatic carbocycles. The molecule has 0 spiro atoms. The highest BCUT2D eigenvalue weighted by Gasteiger charge is 2.31. The highest BCUT2D eigenvalue weighted by Crippen LogP contribution is 2.34. The first-order valence-corrected chi connectivity index (χ1v) is 8.34. The van der Waals surface area contributed by atoms with Crippen molar-refractivity contribution in [3.8, 4) is 0 Å². The van der Waals surface area contributed by atoms with E-state index in [1.54, 1.807) is 13.1 Å². The fourth-order valence-electron chi connectivity index (χ4n) is 3.57. The molecule has 6 heteroatoms. The number of hydrogen-bond donors (Lipinski definition) is 1. The number of aryl methyl sites for hydroxylation is 1. The van der Waals surface area contributed by atoms with Gasteiger partial charge in [0.15, 0.2) is 5.11 Å². The van der Waals surface area contributed by atoms with Crippen LogP contribution in [0.15, 0.2) is 11.6 Å². The molecule has 1 N–H and O–H groups in total. The Morgan fingerprint density at radius 1 is 1.26 bits per heavy atom. The third-order valence-electron chi connectivity index (χ3n) is 4.82. The molecule has 0 unspecified atom stereocenters. The maximum atomic E-state index is 12.3. The number of hydrogen-bond acceptors (Lipinski definition) is 3. The smallest absolute Gasteiger partial charge is 0.265 e. The maximum absolute atomic E-state index is 12.3. The second-order valence-corrected chi connectivity index (χ2v) is 6.70. The molecule has 2 amide bonds. The van der Waals surface area contributed by atoms with Crippen LogP contribution < -0.4 is 5.32 Å². The van der Waals surface area contributed by atoms with Gasteiger partial charge in [0, 0.05) is 24.5 Å². The van der Waals surface area contributed by atoms with E-state index >= 15 is 0 Å². The summed E-state index contributed by atoms with van der Waals surface area (Å²) in [7, 11) is 1.57. The van der Waals surface area contributed by atoms with Crippen molar-refractivity contribution in [2.75, 3.05) is 7.05 Å². The quantitative estimate of drug-likeness (QED) is 0.515. The summed E-state index contributed by atoms with van der Waals surface area (Å²) in [6.45, 7) is 4.13. The minimum Gasteiger partial charge on any atom is -0.346 e. The number of carbonyl (C=O) groups excluding carboxylic acids is 2. The first kappa shape index (κ1) is 15.9. The Morgan fingerprint density at radius 2 is 1.91 bits per heavy atom. The van der Waals surface area contributed by atoms with Crippen molar-refractivity contribution < 1.29 is 9.59 Å². The molecule has 2 heterocycles. The zero-order chi connectivity index (χ0) is 16.7. The van der Waals surface area contributed by atoms with Gasteiger partial charge in [-0.3, -0.25) is 19.8 Å². The Hall–Kier alpha value is -1.95.